The van der Waals surface area contributed by atoms with Gasteiger partial charge >= 0.3 is 5.97 Å². The van der Waals surface area contributed by atoms with Crippen molar-refractivity contribution >= 4 is 23.6 Å². The van der Waals surface area contributed by atoms with Gasteiger partial charge in [-0.15, -0.1) is 11.8 Å². The number of carboxylic acid groups (broad SMARTS) is 1. The molecule has 3 rings (SSSR count). The normalized spacial score (nSPS) is 41.7. The maximum Gasteiger partial charge on any atom is 0.327 e. The van der Waals surface area contributed by atoms with Gasteiger partial charge in [0.05, 0.1) is 11.3 Å². The molecule has 6 heteroatoms. The summed E-state index contributed by atoms with van der Waals surface area (Å²) in [6.07, 6.45) is 5.07. The van der Waals surface area contributed by atoms with Gasteiger partial charge in [0, 0.05) is 11.8 Å². The Morgan fingerprint density at radius 3 is 2.62 bits per heavy atom. The smallest absolute Gasteiger partial charge is 0.327 e. The average molecular weight is 312 g/mol. The fraction of sp³-hybridized carbons (Fsp3) is 0.867. The second-order valence-corrected chi connectivity index (χ2v) is 7.82. The Bertz CT molecular complexity index is 443. The van der Waals surface area contributed by atoms with E-state index >= 15 is 0 Å². The van der Waals surface area contributed by atoms with Gasteiger partial charge in [0.2, 0.25) is 5.91 Å². The number of hydrogen-bond donors (Lipinski definition) is 2. The molecule has 118 valence electrons. The zero-order valence-corrected chi connectivity index (χ0v) is 13.2. The molecule has 3 aliphatic rings. The van der Waals surface area contributed by atoms with Crippen LogP contribution in [0.1, 0.15) is 39.0 Å². The van der Waals surface area contributed by atoms with E-state index in [2.05, 4.69) is 6.92 Å². The highest BCUT2D eigenvalue weighted by molar-refractivity contribution is 8.00. The number of hydrogen-bond acceptors (Lipinski definition) is 4. The topological polar surface area (TPSA) is 83.6 Å². The van der Waals surface area contributed by atoms with Crippen molar-refractivity contribution in [3.8, 4) is 0 Å². The molecule has 0 aromatic heterocycles. The minimum atomic E-state index is -0.883. The number of carbonyl (C=O) groups excluding carboxylic acids is 1. The fourth-order valence-corrected chi connectivity index (χ4v) is 5.91. The number of aliphatic carboxylic acids is 1. The minimum Gasteiger partial charge on any atom is -0.480 e. The van der Waals surface area contributed by atoms with Crippen molar-refractivity contribution in [3.63, 3.8) is 0 Å². The fourth-order valence-electron chi connectivity index (χ4n) is 4.39. The Kier molecular flexibility index (Phi) is 4.19. The van der Waals surface area contributed by atoms with Crippen LogP contribution in [0.3, 0.4) is 0 Å². The third kappa shape index (κ3) is 2.46. The summed E-state index contributed by atoms with van der Waals surface area (Å²) in [6, 6.07) is -0.746. The van der Waals surface area contributed by atoms with Crippen molar-refractivity contribution in [3.05, 3.63) is 0 Å². The van der Waals surface area contributed by atoms with Crippen molar-refractivity contribution in [2.24, 2.45) is 23.5 Å². The Labute approximate surface area is 129 Å². The number of amides is 1. The van der Waals surface area contributed by atoms with E-state index in [4.69, 9.17) is 5.73 Å². The third-order valence-corrected chi connectivity index (χ3v) is 6.79. The molecule has 0 aromatic carbocycles. The van der Waals surface area contributed by atoms with Crippen molar-refractivity contribution in [1.29, 1.82) is 0 Å². The number of carbonyl (C=O) groups is 2. The molecule has 2 aliphatic carbocycles. The second kappa shape index (κ2) is 5.80. The lowest BCUT2D eigenvalue weighted by Crippen LogP contribution is -2.53. The van der Waals surface area contributed by atoms with E-state index in [1.807, 2.05) is 0 Å². The highest BCUT2D eigenvalue weighted by atomic mass is 32.2. The molecule has 2 bridgehead atoms. The number of rotatable bonds is 4. The molecular formula is C15H24N2O3S. The first kappa shape index (κ1) is 15.2. The molecular weight excluding hydrogens is 288 g/mol. The molecule has 1 saturated heterocycles. The van der Waals surface area contributed by atoms with Crippen LogP contribution in [0.4, 0.5) is 0 Å². The molecule has 21 heavy (non-hydrogen) atoms. The van der Waals surface area contributed by atoms with E-state index in [1.54, 1.807) is 16.7 Å². The summed E-state index contributed by atoms with van der Waals surface area (Å²) in [5.41, 5.74) is 6.27. The van der Waals surface area contributed by atoms with Crippen molar-refractivity contribution in [1.82, 2.24) is 4.90 Å². The molecule has 0 aromatic rings. The van der Waals surface area contributed by atoms with Gasteiger partial charge in [-0.05, 0) is 37.5 Å². The zero-order chi connectivity index (χ0) is 15.1. The van der Waals surface area contributed by atoms with Gasteiger partial charge in [0.15, 0.2) is 0 Å². The molecule has 6 atom stereocenters. The standard InChI is InChI=1S/C15H24N2O3S/c1-2-3-11-17(10(7-21-11)15(19)20)14(18)12-8-4-5-9(6-8)13(12)16/h8-13H,2-7,16H2,1H3,(H,19,20). The molecule has 5 nitrogen and oxygen atoms in total. The molecule has 1 amide bonds. The first-order valence-electron chi connectivity index (χ1n) is 7.96. The Balaban J connectivity index is 1.81. The molecule has 6 unspecified atom stereocenters. The lowest BCUT2D eigenvalue weighted by atomic mass is 9.83. The number of nitrogens with zero attached hydrogens (tertiary/aromatic N) is 1. The first-order chi connectivity index (χ1) is 10.0. The SMILES string of the molecule is CCCC1SCC(C(=O)O)N1C(=O)C1C2CCC(C2)C1N. The van der Waals surface area contributed by atoms with Gasteiger partial charge in [-0.25, -0.2) is 4.79 Å². The molecule has 1 aliphatic heterocycles. The average Bonchev–Trinajstić information content (AvgIpc) is 3.11. The molecule has 1 heterocycles. The van der Waals surface area contributed by atoms with Gasteiger partial charge < -0.3 is 15.7 Å². The molecule has 3 N–H and O–H groups in total. The summed E-state index contributed by atoms with van der Waals surface area (Å²) in [5, 5.41) is 9.43. The molecule has 0 spiro atoms. The van der Waals surface area contributed by atoms with Gasteiger partial charge in [-0.1, -0.05) is 13.3 Å². The van der Waals surface area contributed by atoms with Crippen LogP contribution in [0.25, 0.3) is 0 Å². The maximum atomic E-state index is 13.0. The summed E-state index contributed by atoms with van der Waals surface area (Å²) in [7, 11) is 0. The zero-order valence-electron chi connectivity index (χ0n) is 12.4. The Hall–Kier alpha value is -0.750. The Morgan fingerprint density at radius 1 is 1.33 bits per heavy atom. The van der Waals surface area contributed by atoms with E-state index < -0.39 is 12.0 Å². The van der Waals surface area contributed by atoms with E-state index in [-0.39, 0.29) is 23.2 Å². The van der Waals surface area contributed by atoms with E-state index in [0.29, 0.717) is 17.6 Å². The molecule has 3 fully saturated rings. The predicted octanol–water partition coefficient (Wildman–Crippen LogP) is 1.51. The van der Waals surface area contributed by atoms with Crippen LogP contribution in [-0.4, -0.2) is 45.1 Å². The summed E-state index contributed by atoms with van der Waals surface area (Å²) in [6.45, 7) is 2.07. The highest BCUT2D eigenvalue weighted by Gasteiger charge is 2.53. The van der Waals surface area contributed by atoms with Crippen LogP contribution in [0, 0.1) is 17.8 Å². The van der Waals surface area contributed by atoms with Crippen molar-refractivity contribution in [2.75, 3.05) is 5.75 Å². The van der Waals surface area contributed by atoms with E-state index in [0.717, 1.165) is 32.1 Å². The lowest BCUT2D eigenvalue weighted by Gasteiger charge is -2.35. The van der Waals surface area contributed by atoms with Crippen LogP contribution in [0.5, 0.6) is 0 Å². The number of thioether (sulfide) groups is 1. The van der Waals surface area contributed by atoms with Crippen LogP contribution >= 0.6 is 11.8 Å². The number of nitrogens with two attached hydrogens (primary N) is 1. The van der Waals surface area contributed by atoms with Crippen LogP contribution in [-0.2, 0) is 9.59 Å². The van der Waals surface area contributed by atoms with Gasteiger partial charge in [-0.3, -0.25) is 4.79 Å². The molecule has 0 radical (unpaired) electrons. The Morgan fingerprint density at radius 2 is 2.05 bits per heavy atom. The summed E-state index contributed by atoms with van der Waals surface area (Å²) in [4.78, 5) is 26.2. The van der Waals surface area contributed by atoms with Crippen LogP contribution in [0.15, 0.2) is 0 Å². The number of carboxylic acids is 1. The maximum absolute atomic E-state index is 13.0. The summed E-state index contributed by atoms with van der Waals surface area (Å²) < 4.78 is 0. The van der Waals surface area contributed by atoms with E-state index in [9.17, 15) is 14.7 Å². The molecule has 2 saturated carbocycles. The minimum absolute atomic E-state index is 0.00514. The van der Waals surface area contributed by atoms with Crippen LogP contribution < -0.4 is 5.73 Å². The monoisotopic (exact) mass is 312 g/mol. The third-order valence-electron chi connectivity index (χ3n) is 5.43. The van der Waals surface area contributed by atoms with Gasteiger partial charge in [0.1, 0.15) is 6.04 Å². The number of fused-ring (bicyclic) bond motifs is 2. The van der Waals surface area contributed by atoms with Crippen molar-refractivity contribution in [2.45, 2.75) is 56.5 Å². The summed E-state index contributed by atoms with van der Waals surface area (Å²) >= 11 is 1.60. The van der Waals surface area contributed by atoms with Crippen LogP contribution in [0.2, 0.25) is 0 Å². The van der Waals surface area contributed by atoms with Crippen molar-refractivity contribution < 1.29 is 14.7 Å². The van der Waals surface area contributed by atoms with Gasteiger partial charge in [-0.2, -0.15) is 0 Å². The first-order valence-corrected chi connectivity index (χ1v) is 9.01. The quantitative estimate of drug-likeness (QED) is 0.822. The summed E-state index contributed by atoms with van der Waals surface area (Å²) in [5.74, 6) is 0.314. The largest absolute Gasteiger partial charge is 0.480 e. The van der Waals surface area contributed by atoms with E-state index in [1.165, 1.54) is 0 Å². The lowest BCUT2D eigenvalue weighted by molar-refractivity contribution is -0.152. The second-order valence-electron chi connectivity index (χ2n) is 6.61. The highest BCUT2D eigenvalue weighted by Crippen LogP contribution is 2.49. The van der Waals surface area contributed by atoms with Gasteiger partial charge in [0.25, 0.3) is 0 Å². The predicted molar refractivity (Wildman–Crippen MR) is 81.7 cm³/mol.